The van der Waals surface area contributed by atoms with Crippen molar-refractivity contribution in [3.63, 3.8) is 0 Å². The van der Waals surface area contributed by atoms with E-state index in [1.54, 1.807) is 35.1 Å². The minimum atomic E-state index is -4.28. The van der Waals surface area contributed by atoms with E-state index in [2.05, 4.69) is 15.4 Å². The number of alkyl halides is 3. The van der Waals surface area contributed by atoms with Crippen LogP contribution in [0.1, 0.15) is 30.3 Å². The Morgan fingerprint density at radius 3 is 2.72 bits per heavy atom. The fourth-order valence-corrected chi connectivity index (χ4v) is 4.57. The number of rotatable bonds is 4. The summed E-state index contributed by atoms with van der Waals surface area (Å²) in [5.41, 5.74) is 3.03. The lowest BCUT2D eigenvalue weighted by Crippen LogP contribution is -2.41. The molecule has 0 spiro atoms. The number of nitrogens with one attached hydrogen (secondary N) is 1. The first-order chi connectivity index (χ1) is 15.3. The molecule has 2 aliphatic heterocycles. The third kappa shape index (κ3) is 3.59. The van der Waals surface area contributed by atoms with E-state index in [1.165, 1.54) is 4.90 Å². The van der Waals surface area contributed by atoms with Crippen LogP contribution in [0, 0.1) is 0 Å². The highest BCUT2D eigenvalue weighted by molar-refractivity contribution is 5.82. The van der Waals surface area contributed by atoms with Crippen LogP contribution in [0.2, 0.25) is 0 Å². The number of pyridine rings is 1. The highest BCUT2D eigenvalue weighted by atomic mass is 19.4. The Labute approximate surface area is 183 Å². The number of hydrogen-bond acceptors (Lipinski definition) is 6. The summed E-state index contributed by atoms with van der Waals surface area (Å²) in [6, 6.07) is 9.10. The van der Waals surface area contributed by atoms with Crippen LogP contribution in [0.25, 0.3) is 0 Å². The van der Waals surface area contributed by atoms with Crippen LogP contribution in [0.5, 0.6) is 5.75 Å². The maximum atomic E-state index is 13.4. The van der Waals surface area contributed by atoms with Gasteiger partial charge in [-0.3, -0.25) is 4.68 Å². The molecule has 168 valence electrons. The number of aromatic nitrogens is 3. The Morgan fingerprint density at radius 2 is 2.03 bits per heavy atom. The molecule has 2 N–H and O–H groups in total. The van der Waals surface area contributed by atoms with E-state index in [-0.39, 0.29) is 18.3 Å². The fourth-order valence-electron chi connectivity index (χ4n) is 4.57. The largest absolute Gasteiger partial charge is 0.506 e. The van der Waals surface area contributed by atoms with Crippen LogP contribution in [0.4, 0.5) is 30.4 Å². The van der Waals surface area contributed by atoms with E-state index >= 15 is 0 Å². The van der Waals surface area contributed by atoms with Crippen LogP contribution >= 0.6 is 0 Å². The monoisotopic (exact) mass is 444 g/mol. The van der Waals surface area contributed by atoms with Gasteiger partial charge in [0.1, 0.15) is 29.5 Å². The van der Waals surface area contributed by atoms with Crippen molar-refractivity contribution in [2.75, 3.05) is 21.7 Å². The maximum Gasteiger partial charge on any atom is 0.408 e. The molecule has 1 fully saturated rings. The molecule has 10 heteroatoms. The Balaban J connectivity index is 1.45. The molecule has 2 aliphatic rings. The molecule has 5 rings (SSSR count). The summed E-state index contributed by atoms with van der Waals surface area (Å²) < 4.78 is 41.8. The maximum absolute atomic E-state index is 13.4. The molecular formula is C22H23F3N6O. The van der Waals surface area contributed by atoms with Gasteiger partial charge in [-0.1, -0.05) is 6.07 Å². The number of nitrogens with zero attached hydrogens (tertiary/aromatic N) is 5. The number of aryl methyl sites for hydroxylation is 1. The molecule has 0 saturated carbocycles. The predicted octanol–water partition coefficient (Wildman–Crippen LogP) is 4.18. The van der Waals surface area contributed by atoms with Gasteiger partial charge in [0.25, 0.3) is 0 Å². The molecule has 4 heterocycles. The summed E-state index contributed by atoms with van der Waals surface area (Å²) in [6.07, 6.45) is -0.592. The Kier molecular flexibility index (Phi) is 4.87. The minimum absolute atomic E-state index is 0.0869. The Bertz CT molecular complexity index is 1110. The first-order valence-electron chi connectivity index (χ1n) is 10.4. The SMILES string of the molecule is Cn1ccc(CN2c3c(O)cccc3NC2c2ccc(N3CCCC3C(F)(F)F)nc2)n1. The lowest BCUT2D eigenvalue weighted by Gasteiger charge is -2.29. The Morgan fingerprint density at radius 1 is 1.19 bits per heavy atom. The molecule has 2 aromatic heterocycles. The first kappa shape index (κ1) is 20.5. The van der Waals surface area contributed by atoms with Crippen LogP contribution < -0.4 is 15.1 Å². The van der Waals surface area contributed by atoms with Crippen molar-refractivity contribution in [1.29, 1.82) is 0 Å². The number of para-hydroxylation sites is 1. The summed E-state index contributed by atoms with van der Waals surface area (Å²) in [5.74, 6) is 0.464. The number of benzene rings is 1. The third-order valence-corrected chi connectivity index (χ3v) is 6.02. The normalized spacial score (nSPS) is 20.5. The number of fused-ring (bicyclic) bond motifs is 1. The number of phenolic OH excluding ortho intramolecular Hbond substituents is 1. The van der Waals surface area contributed by atoms with E-state index in [0.29, 0.717) is 31.0 Å². The van der Waals surface area contributed by atoms with Crippen LogP contribution in [0.15, 0.2) is 48.8 Å². The van der Waals surface area contributed by atoms with Gasteiger partial charge in [-0.15, -0.1) is 0 Å². The fraction of sp³-hybridized carbons (Fsp3) is 0.364. The summed E-state index contributed by atoms with van der Waals surface area (Å²) in [4.78, 5) is 7.69. The number of aromatic hydroxyl groups is 1. The molecule has 1 saturated heterocycles. The van der Waals surface area contributed by atoms with Crippen molar-refractivity contribution < 1.29 is 18.3 Å². The van der Waals surface area contributed by atoms with Crippen molar-refractivity contribution in [2.45, 2.75) is 37.8 Å². The van der Waals surface area contributed by atoms with Crippen molar-refractivity contribution in [2.24, 2.45) is 7.05 Å². The summed E-state index contributed by atoms with van der Waals surface area (Å²) in [6.45, 7) is 0.774. The average molecular weight is 444 g/mol. The van der Waals surface area contributed by atoms with Crippen molar-refractivity contribution >= 4 is 17.2 Å². The minimum Gasteiger partial charge on any atom is -0.506 e. The van der Waals surface area contributed by atoms with Gasteiger partial charge >= 0.3 is 6.18 Å². The van der Waals surface area contributed by atoms with Crippen molar-refractivity contribution in [3.05, 3.63) is 60.0 Å². The molecular weight excluding hydrogens is 421 g/mol. The molecule has 0 aliphatic carbocycles. The number of halogens is 3. The molecule has 0 radical (unpaired) electrons. The standard InChI is InChI=1S/C22H23F3N6O/c1-29-11-9-15(28-29)13-31-20-16(4-2-5-17(20)32)27-21(31)14-7-8-19(26-12-14)30-10-3-6-18(30)22(23,24)25/h2,4-5,7-9,11-12,18,21,27,32H,3,6,10,13H2,1H3. The van der Waals surface area contributed by atoms with Crippen LogP contribution in [-0.2, 0) is 13.6 Å². The van der Waals surface area contributed by atoms with Gasteiger partial charge < -0.3 is 20.2 Å². The van der Waals surface area contributed by atoms with Gasteiger partial charge in [-0.2, -0.15) is 18.3 Å². The molecule has 2 unspecified atom stereocenters. The zero-order chi connectivity index (χ0) is 22.5. The molecule has 7 nitrogen and oxygen atoms in total. The van der Waals surface area contributed by atoms with Gasteiger partial charge in [0.05, 0.1) is 17.9 Å². The molecule has 0 amide bonds. The van der Waals surface area contributed by atoms with Gasteiger partial charge in [0, 0.05) is 31.5 Å². The lowest BCUT2D eigenvalue weighted by atomic mass is 10.2. The number of hydrogen-bond donors (Lipinski definition) is 2. The molecule has 1 aromatic carbocycles. The van der Waals surface area contributed by atoms with Crippen molar-refractivity contribution in [3.8, 4) is 5.75 Å². The summed E-state index contributed by atoms with van der Waals surface area (Å²) >= 11 is 0. The zero-order valence-corrected chi connectivity index (χ0v) is 17.4. The Hall–Kier alpha value is -3.43. The second kappa shape index (κ2) is 7.61. The molecule has 32 heavy (non-hydrogen) atoms. The first-order valence-corrected chi connectivity index (χ1v) is 10.4. The second-order valence-electron chi connectivity index (χ2n) is 8.17. The van der Waals surface area contributed by atoms with Gasteiger partial charge in [0.2, 0.25) is 0 Å². The summed E-state index contributed by atoms with van der Waals surface area (Å²) in [7, 11) is 1.84. The lowest BCUT2D eigenvalue weighted by molar-refractivity contribution is -0.146. The highest BCUT2D eigenvalue weighted by Gasteiger charge is 2.46. The quantitative estimate of drug-likeness (QED) is 0.629. The summed E-state index contributed by atoms with van der Waals surface area (Å²) in [5, 5.41) is 18.3. The van der Waals surface area contributed by atoms with Gasteiger partial charge in [0.15, 0.2) is 0 Å². The molecule has 0 bridgehead atoms. The third-order valence-electron chi connectivity index (χ3n) is 6.02. The van der Waals surface area contributed by atoms with Crippen LogP contribution in [-0.4, -0.2) is 38.6 Å². The van der Waals surface area contributed by atoms with Crippen LogP contribution in [0.3, 0.4) is 0 Å². The van der Waals surface area contributed by atoms with Gasteiger partial charge in [-0.25, -0.2) is 4.98 Å². The molecule has 2 atom stereocenters. The zero-order valence-electron chi connectivity index (χ0n) is 17.4. The number of anilines is 3. The van der Waals surface area contributed by atoms with E-state index in [1.807, 2.05) is 30.3 Å². The predicted molar refractivity (Wildman–Crippen MR) is 115 cm³/mol. The van der Waals surface area contributed by atoms with E-state index in [9.17, 15) is 18.3 Å². The van der Waals surface area contributed by atoms with E-state index in [0.717, 1.165) is 16.9 Å². The van der Waals surface area contributed by atoms with E-state index in [4.69, 9.17) is 0 Å². The molecule has 3 aromatic rings. The topological polar surface area (TPSA) is 69.5 Å². The average Bonchev–Trinajstić information content (AvgIpc) is 3.47. The van der Waals surface area contributed by atoms with Gasteiger partial charge in [-0.05, 0) is 43.2 Å². The second-order valence-corrected chi connectivity index (χ2v) is 8.17. The van der Waals surface area contributed by atoms with E-state index < -0.39 is 12.2 Å². The number of phenols is 1. The smallest absolute Gasteiger partial charge is 0.408 e. The highest BCUT2D eigenvalue weighted by Crippen LogP contribution is 2.47. The van der Waals surface area contributed by atoms with Crippen molar-refractivity contribution in [1.82, 2.24) is 14.8 Å².